The molecule has 0 N–H and O–H groups in total. The van der Waals surface area contributed by atoms with Crippen LogP contribution < -0.4 is 26.2 Å². The zero-order valence-electron chi connectivity index (χ0n) is 54.3. The predicted octanol–water partition coefficient (Wildman–Crippen LogP) is 21.5. The second-order valence-electron chi connectivity index (χ2n) is 30.3. The van der Waals surface area contributed by atoms with Crippen molar-refractivity contribution in [2.24, 2.45) is 0 Å². The molecule has 3 nitrogen and oxygen atoms in total. The lowest BCUT2D eigenvalue weighted by Crippen LogP contribution is -2.61. The first kappa shape index (κ1) is 56.1. The molecule has 0 fully saturated rings. The van der Waals surface area contributed by atoms with Crippen LogP contribution in [0.2, 0.25) is 0 Å². The molecule has 90 heavy (non-hydrogen) atoms. The third-order valence-electron chi connectivity index (χ3n) is 21.7. The predicted molar refractivity (Wildman–Crippen MR) is 386 cm³/mol. The van der Waals surface area contributed by atoms with Crippen molar-refractivity contribution in [2.75, 3.05) is 9.80 Å². The van der Waals surface area contributed by atoms with E-state index in [0.717, 1.165) is 17.1 Å². The molecule has 0 unspecified atom stereocenters. The first-order chi connectivity index (χ1) is 43.2. The standard InChI is InChI=1S/C86H80BN3/c1-82(2,3)63-34-25-56(26-35-63)61-33-44-77-74(51-61)87-73-43-40-66(90-75-23-17-15-21-67(75)68-22-16-18-24-76(68)90)54-78(73)89(65-38-29-58(30-39-65)60-32-42-70-72(50-60)86(10,11)48-46-84(70,6)7)80-53-62(55-19-13-12-14-20-55)52-79(81(80)87)88(77)64-36-27-57(28-37-64)59-31-41-69-71(49-59)85(8,9)47-45-83(69,4)5/h12-44,49-54H,45-48H2,1-11H3. The van der Waals surface area contributed by atoms with Crippen molar-refractivity contribution in [3.05, 3.63) is 264 Å². The highest BCUT2D eigenvalue weighted by Gasteiger charge is 2.45. The van der Waals surface area contributed by atoms with E-state index in [-0.39, 0.29) is 33.8 Å². The Bertz CT molecular complexity index is 4800. The Labute approximate surface area is 533 Å². The normalized spacial score (nSPS) is 16.5. The van der Waals surface area contributed by atoms with E-state index in [4.69, 9.17) is 0 Å². The van der Waals surface area contributed by atoms with Crippen LogP contribution in [0.4, 0.5) is 34.1 Å². The molecule has 3 heterocycles. The molecular formula is C86H80BN3. The van der Waals surface area contributed by atoms with Crippen LogP contribution in [-0.2, 0) is 27.1 Å². The van der Waals surface area contributed by atoms with Crippen LogP contribution in [0.1, 0.15) is 130 Å². The second kappa shape index (κ2) is 20.2. The number of benzene rings is 11. The van der Waals surface area contributed by atoms with Crippen LogP contribution in [0, 0.1) is 0 Å². The number of rotatable bonds is 7. The number of nitrogens with zero attached hydrogens (tertiary/aromatic N) is 3. The van der Waals surface area contributed by atoms with Gasteiger partial charge in [-0.05, 0) is 208 Å². The molecule has 1 aromatic heterocycles. The monoisotopic (exact) mass is 1170 g/mol. The minimum atomic E-state index is -0.108. The summed E-state index contributed by atoms with van der Waals surface area (Å²) in [5.74, 6) is 0. The number of hydrogen-bond acceptors (Lipinski definition) is 2. The van der Waals surface area contributed by atoms with Crippen molar-refractivity contribution in [1.29, 1.82) is 0 Å². The van der Waals surface area contributed by atoms with E-state index < -0.39 is 0 Å². The van der Waals surface area contributed by atoms with Crippen molar-refractivity contribution in [1.82, 2.24) is 4.57 Å². The maximum atomic E-state index is 2.61. The molecule has 0 saturated heterocycles. The van der Waals surface area contributed by atoms with Crippen molar-refractivity contribution >= 4 is 79.0 Å². The summed E-state index contributed by atoms with van der Waals surface area (Å²) >= 11 is 0. The molecule has 442 valence electrons. The van der Waals surface area contributed by atoms with Gasteiger partial charge in [-0.15, -0.1) is 0 Å². The molecule has 0 amide bonds. The Morgan fingerprint density at radius 1 is 0.311 bits per heavy atom. The fourth-order valence-electron chi connectivity index (χ4n) is 16.2. The topological polar surface area (TPSA) is 11.4 Å². The molecule has 4 aliphatic rings. The Morgan fingerprint density at radius 3 is 1.23 bits per heavy atom. The number of fused-ring (bicyclic) bond motifs is 9. The number of para-hydroxylation sites is 2. The van der Waals surface area contributed by atoms with Crippen LogP contribution in [-0.4, -0.2) is 11.3 Å². The largest absolute Gasteiger partial charge is 0.311 e. The first-order valence-electron chi connectivity index (χ1n) is 32.9. The average Bonchev–Trinajstić information content (AvgIpc) is 0.721. The van der Waals surface area contributed by atoms with E-state index in [1.54, 1.807) is 0 Å². The van der Waals surface area contributed by atoms with Gasteiger partial charge in [0.2, 0.25) is 0 Å². The fourth-order valence-corrected chi connectivity index (χ4v) is 16.2. The van der Waals surface area contributed by atoms with E-state index in [1.165, 1.54) is 159 Å². The van der Waals surface area contributed by atoms with Gasteiger partial charge in [-0.2, -0.15) is 0 Å². The molecule has 2 aliphatic carbocycles. The Balaban J connectivity index is 0.937. The van der Waals surface area contributed by atoms with Crippen LogP contribution >= 0.6 is 0 Å². The van der Waals surface area contributed by atoms with Crippen LogP contribution in [0.5, 0.6) is 0 Å². The minimum Gasteiger partial charge on any atom is -0.311 e. The minimum absolute atomic E-state index is 0.0440. The van der Waals surface area contributed by atoms with Gasteiger partial charge >= 0.3 is 0 Å². The molecule has 0 radical (unpaired) electrons. The summed E-state index contributed by atoms with van der Waals surface area (Å²) in [6.45, 7) is 26.2. The third kappa shape index (κ3) is 8.98. The van der Waals surface area contributed by atoms with Crippen molar-refractivity contribution in [3.63, 3.8) is 0 Å². The summed E-state index contributed by atoms with van der Waals surface area (Å²) in [4.78, 5) is 5.19. The van der Waals surface area contributed by atoms with Gasteiger partial charge in [-0.3, -0.25) is 0 Å². The summed E-state index contributed by atoms with van der Waals surface area (Å²) in [5.41, 5.74) is 32.0. The summed E-state index contributed by atoms with van der Waals surface area (Å²) in [6.07, 6.45) is 4.76. The lowest BCUT2D eigenvalue weighted by molar-refractivity contribution is 0.332. The zero-order valence-corrected chi connectivity index (χ0v) is 54.3. The van der Waals surface area contributed by atoms with Gasteiger partial charge in [0.05, 0.1) is 11.0 Å². The van der Waals surface area contributed by atoms with E-state index in [2.05, 4.69) is 327 Å². The highest BCUT2D eigenvalue weighted by molar-refractivity contribution is 7.00. The van der Waals surface area contributed by atoms with Gasteiger partial charge in [0, 0.05) is 50.6 Å². The second-order valence-corrected chi connectivity index (χ2v) is 30.3. The van der Waals surface area contributed by atoms with E-state index in [9.17, 15) is 0 Å². The van der Waals surface area contributed by atoms with Gasteiger partial charge in [0.25, 0.3) is 6.71 Å². The van der Waals surface area contributed by atoms with Crippen molar-refractivity contribution in [3.8, 4) is 50.2 Å². The lowest BCUT2D eigenvalue weighted by Gasteiger charge is -2.44. The molecule has 2 aliphatic heterocycles. The van der Waals surface area contributed by atoms with E-state index in [1.807, 2.05) is 0 Å². The summed E-state index contributed by atoms with van der Waals surface area (Å²) in [5, 5.41) is 2.51. The summed E-state index contributed by atoms with van der Waals surface area (Å²) in [7, 11) is 0. The van der Waals surface area contributed by atoms with E-state index in [0.29, 0.717) is 0 Å². The van der Waals surface area contributed by atoms with Crippen LogP contribution in [0.25, 0.3) is 72.0 Å². The lowest BCUT2D eigenvalue weighted by atomic mass is 9.33. The maximum absolute atomic E-state index is 2.61. The zero-order chi connectivity index (χ0) is 61.8. The molecule has 4 heteroatoms. The quantitative estimate of drug-likeness (QED) is 0.147. The molecule has 0 saturated carbocycles. The van der Waals surface area contributed by atoms with Crippen LogP contribution in [0.15, 0.2) is 237 Å². The molecule has 0 bridgehead atoms. The SMILES string of the molecule is CC(C)(C)c1ccc(-c2ccc3c(c2)B2c4ccc(-n5c6ccccc6c6ccccc65)cc4N(c4ccc(-c5ccc6c(c5)C(C)(C)CCC6(C)C)cc4)c4cc(-c5ccccc5)cc(c42)N3c2ccc(-c3ccc4c(c3)C(C)(C)CCC4(C)C)cc2)cc1. The smallest absolute Gasteiger partial charge is 0.252 e. The van der Waals surface area contributed by atoms with Gasteiger partial charge in [0.1, 0.15) is 0 Å². The number of hydrogen-bond donors (Lipinski definition) is 0. The molecular weight excluding hydrogens is 1090 g/mol. The summed E-state index contributed by atoms with van der Waals surface area (Å²) in [6, 6.07) is 91.4. The van der Waals surface area contributed by atoms with Gasteiger partial charge < -0.3 is 14.4 Å². The molecule has 12 aromatic rings. The van der Waals surface area contributed by atoms with Gasteiger partial charge in [-0.1, -0.05) is 246 Å². The van der Waals surface area contributed by atoms with Crippen LogP contribution in [0.3, 0.4) is 0 Å². The average molecular weight is 1170 g/mol. The number of aromatic nitrogens is 1. The Hall–Kier alpha value is -9.12. The van der Waals surface area contributed by atoms with Gasteiger partial charge in [0.15, 0.2) is 0 Å². The fraction of sp³-hybridized carbons (Fsp3) is 0.233. The number of anilines is 6. The Morgan fingerprint density at radius 2 is 0.722 bits per heavy atom. The maximum Gasteiger partial charge on any atom is 0.252 e. The first-order valence-corrected chi connectivity index (χ1v) is 32.9. The highest BCUT2D eigenvalue weighted by Crippen LogP contribution is 2.51. The molecule has 0 spiro atoms. The van der Waals surface area contributed by atoms with E-state index >= 15 is 0 Å². The highest BCUT2D eigenvalue weighted by atomic mass is 15.2. The van der Waals surface area contributed by atoms with Gasteiger partial charge in [-0.25, -0.2) is 0 Å². The Kier molecular flexibility index (Phi) is 12.6. The molecule has 16 rings (SSSR count). The molecule has 11 aromatic carbocycles. The summed E-state index contributed by atoms with van der Waals surface area (Å²) < 4.78 is 2.48. The molecule has 0 atom stereocenters. The van der Waals surface area contributed by atoms with Crippen molar-refractivity contribution in [2.45, 2.75) is 129 Å². The third-order valence-corrected chi connectivity index (χ3v) is 21.7. The van der Waals surface area contributed by atoms with Crippen molar-refractivity contribution < 1.29 is 0 Å².